The number of carboxylic acid groups (broad SMARTS) is 1. The van der Waals surface area contributed by atoms with Crippen molar-refractivity contribution < 1.29 is 9.90 Å². The Morgan fingerprint density at radius 3 is 2.75 bits per heavy atom. The van der Waals surface area contributed by atoms with Gasteiger partial charge in [-0.05, 0) is 39.3 Å². The molecule has 1 N–H and O–H groups in total. The number of hydrogen-bond donors (Lipinski definition) is 1. The Morgan fingerprint density at radius 1 is 1.50 bits per heavy atom. The molecule has 0 aliphatic carbocycles. The highest BCUT2D eigenvalue weighted by Crippen LogP contribution is 2.32. The van der Waals surface area contributed by atoms with E-state index in [4.69, 9.17) is 5.11 Å². The van der Waals surface area contributed by atoms with Crippen molar-refractivity contribution in [1.29, 1.82) is 0 Å². The molecule has 20 heavy (non-hydrogen) atoms. The van der Waals surface area contributed by atoms with Gasteiger partial charge in [-0.1, -0.05) is 11.8 Å². The quantitative estimate of drug-likeness (QED) is 0.856. The lowest BCUT2D eigenvalue weighted by atomic mass is 10.1. The average Bonchev–Trinajstić information content (AvgIpc) is 2.89. The molecule has 2 heterocycles. The maximum absolute atomic E-state index is 10.7. The minimum absolute atomic E-state index is 0.0326. The van der Waals surface area contributed by atoms with Crippen molar-refractivity contribution in [3.63, 3.8) is 0 Å². The fourth-order valence-corrected chi connectivity index (χ4v) is 4.17. The lowest BCUT2D eigenvalue weighted by Crippen LogP contribution is -2.11. The summed E-state index contributed by atoms with van der Waals surface area (Å²) >= 11 is 3.06. The van der Waals surface area contributed by atoms with Gasteiger partial charge in [-0.25, -0.2) is 4.98 Å². The summed E-state index contributed by atoms with van der Waals surface area (Å²) in [5.41, 5.74) is 2.33. The molecule has 0 spiro atoms. The number of hydrogen-bond acceptors (Lipinski definition) is 4. The van der Waals surface area contributed by atoms with E-state index < -0.39 is 5.97 Å². The molecule has 2 aromatic rings. The van der Waals surface area contributed by atoms with Crippen molar-refractivity contribution in [2.75, 3.05) is 5.75 Å². The van der Waals surface area contributed by atoms with Crippen molar-refractivity contribution >= 4 is 29.1 Å². The highest BCUT2D eigenvalue weighted by atomic mass is 32.2. The van der Waals surface area contributed by atoms with E-state index >= 15 is 0 Å². The zero-order chi connectivity index (χ0) is 14.9. The van der Waals surface area contributed by atoms with Crippen molar-refractivity contribution in [2.24, 2.45) is 0 Å². The Hall–Kier alpha value is -1.27. The van der Waals surface area contributed by atoms with Gasteiger partial charge in [0.05, 0.1) is 11.8 Å². The van der Waals surface area contributed by atoms with Crippen LogP contribution in [0.25, 0.3) is 0 Å². The van der Waals surface area contributed by atoms with Crippen molar-refractivity contribution in [3.05, 3.63) is 33.3 Å². The van der Waals surface area contributed by atoms with E-state index in [1.165, 1.54) is 27.1 Å². The number of imidazole rings is 1. The molecule has 0 fully saturated rings. The van der Waals surface area contributed by atoms with Crippen LogP contribution in [0.5, 0.6) is 0 Å². The molecule has 0 saturated carbocycles. The van der Waals surface area contributed by atoms with Crippen LogP contribution in [0.4, 0.5) is 0 Å². The smallest absolute Gasteiger partial charge is 0.313 e. The van der Waals surface area contributed by atoms with E-state index in [-0.39, 0.29) is 11.8 Å². The minimum Gasteiger partial charge on any atom is -0.481 e. The zero-order valence-electron chi connectivity index (χ0n) is 12.0. The third-order valence-corrected chi connectivity index (χ3v) is 5.12. The van der Waals surface area contributed by atoms with Gasteiger partial charge in [0.25, 0.3) is 0 Å². The minimum atomic E-state index is -0.822. The van der Waals surface area contributed by atoms with Gasteiger partial charge in [-0.15, -0.1) is 11.3 Å². The van der Waals surface area contributed by atoms with Gasteiger partial charge in [0.15, 0.2) is 5.16 Å². The van der Waals surface area contributed by atoms with Gasteiger partial charge in [0.2, 0.25) is 0 Å². The van der Waals surface area contributed by atoms with Crippen LogP contribution >= 0.6 is 23.1 Å². The van der Waals surface area contributed by atoms with Crippen LogP contribution in [0, 0.1) is 20.8 Å². The van der Waals surface area contributed by atoms with Gasteiger partial charge in [-0.2, -0.15) is 0 Å². The van der Waals surface area contributed by atoms with Crippen LogP contribution in [0.3, 0.4) is 0 Å². The summed E-state index contributed by atoms with van der Waals surface area (Å²) in [6, 6.07) is 2.37. The van der Waals surface area contributed by atoms with Gasteiger partial charge >= 0.3 is 5.97 Å². The topological polar surface area (TPSA) is 55.1 Å². The van der Waals surface area contributed by atoms with E-state index in [1.807, 2.05) is 6.92 Å². The molecule has 4 nitrogen and oxygen atoms in total. The number of aryl methyl sites for hydroxylation is 3. The number of carboxylic acids is 1. The molecule has 1 atom stereocenters. The van der Waals surface area contributed by atoms with Crippen LogP contribution in [0.15, 0.2) is 17.4 Å². The lowest BCUT2D eigenvalue weighted by molar-refractivity contribution is -0.133. The van der Waals surface area contributed by atoms with Crippen molar-refractivity contribution in [3.8, 4) is 0 Å². The highest BCUT2D eigenvalue weighted by molar-refractivity contribution is 7.99. The molecule has 0 aliphatic rings. The number of aromatic nitrogens is 2. The Morgan fingerprint density at radius 2 is 2.20 bits per heavy atom. The molecule has 108 valence electrons. The largest absolute Gasteiger partial charge is 0.481 e. The third kappa shape index (κ3) is 3.07. The molecule has 0 saturated heterocycles. The summed E-state index contributed by atoms with van der Waals surface area (Å²) in [7, 11) is 0. The van der Waals surface area contributed by atoms with Crippen molar-refractivity contribution in [1.82, 2.24) is 9.55 Å². The predicted molar refractivity (Wildman–Crippen MR) is 82.9 cm³/mol. The Bertz CT molecular complexity index is 631. The molecule has 0 aliphatic heterocycles. The van der Waals surface area contributed by atoms with Gasteiger partial charge in [-0.3, -0.25) is 4.79 Å². The standard InChI is InChI=1S/C14H18N2O2S2/c1-8-6-15-14(19-7-13(17)18)16(8)10(3)12-5-9(2)20-11(12)4/h5-6,10H,7H2,1-4H3,(H,17,18). The summed E-state index contributed by atoms with van der Waals surface area (Å²) in [5, 5.41) is 9.58. The maximum atomic E-state index is 10.7. The highest BCUT2D eigenvalue weighted by Gasteiger charge is 2.19. The maximum Gasteiger partial charge on any atom is 0.313 e. The third-order valence-electron chi connectivity index (χ3n) is 3.19. The Balaban J connectivity index is 2.34. The Kier molecular flexibility index (Phi) is 4.55. The molecule has 1 unspecified atom stereocenters. The first-order valence-corrected chi connectivity index (χ1v) is 8.15. The molecular formula is C14H18N2O2S2. The number of nitrogens with zero attached hydrogens (tertiary/aromatic N) is 2. The first kappa shape index (κ1) is 15.1. The summed E-state index contributed by atoms with van der Waals surface area (Å²) in [5.74, 6) is -0.789. The number of aliphatic carboxylic acids is 1. The molecule has 2 aromatic heterocycles. The Labute approximate surface area is 126 Å². The van der Waals surface area contributed by atoms with E-state index in [2.05, 4.69) is 36.4 Å². The van der Waals surface area contributed by atoms with Gasteiger partial charge in [0, 0.05) is 21.6 Å². The normalized spacial score (nSPS) is 12.6. The molecule has 2 rings (SSSR count). The van der Waals surface area contributed by atoms with Crippen LogP contribution in [0.2, 0.25) is 0 Å². The fourth-order valence-electron chi connectivity index (χ4n) is 2.33. The second kappa shape index (κ2) is 6.01. The number of thiophene rings is 1. The molecule has 0 bridgehead atoms. The molecule has 0 aromatic carbocycles. The second-order valence-electron chi connectivity index (χ2n) is 4.78. The fraction of sp³-hybridized carbons (Fsp3) is 0.429. The summed E-state index contributed by atoms with van der Waals surface area (Å²) < 4.78 is 2.11. The van der Waals surface area contributed by atoms with Crippen LogP contribution < -0.4 is 0 Å². The van der Waals surface area contributed by atoms with E-state index in [1.54, 1.807) is 17.5 Å². The molecule has 0 amide bonds. The average molecular weight is 310 g/mol. The lowest BCUT2D eigenvalue weighted by Gasteiger charge is -2.18. The first-order valence-electron chi connectivity index (χ1n) is 6.35. The van der Waals surface area contributed by atoms with Gasteiger partial charge < -0.3 is 9.67 Å². The van der Waals surface area contributed by atoms with Crippen LogP contribution in [0.1, 0.15) is 34.0 Å². The van der Waals surface area contributed by atoms with E-state index in [0.717, 1.165) is 10.9 Å². The number of thioether (sulfide) groups is 1. The SMILES string of the molecule is Cc1cc(C(C)n2c(C)cnc2SCC(=O)O)c(C)s1. The van der Waals surface area contributed by atoms with Crippen LogP contribution in [-0.4, -0.2) is 26.4 Å². The predicted octanol–water partition coefficient (Wildman–Crippen LogP) is 3.66. The zero-order valence-corrected chi connectivity index (χ0v) is 13.6. The van der Waals surface area contributed by atoms with Gasteiger partial charge in [0.1, 0.15) is 0 Å². The van der Waals surface area contributed by atoms with Crippen molar-refractivity contribution in [2.45, 2.75) is 38.9 Å². The summed E-state index contributed by atoms with van der Waals surface area (Å²) in [6.45, 7) is 8.37. The van der Waals surface area contributed by atoms with Crippen LogP contribution in [-0.2, 0) is 4.79 Å². The second-order valence-corrected chi connectivity index (χ2v) is 7.18. The summed E-state index contributed by atoms with van der Waals surface area (Å²) in [6.07, 6.45) is 1.80. The summed E-state index contributed by atoms with van der Waals surface area (Å²) in [4.78, 5) is 17.7. The monoisotopic (exact) mass is 310 g/mol. The van der Waals surface area contributed by atoms with E-state index in [0.29, 0.717) is 0 Å². The van der Waals surface area contributed by atoms with E-state index in [9.17, 15) is 4.79 Å². The first-order chi connectivity index (χ1) is 9.40. The molecule has 6 heteroatoms. The molecular weight excluding hydrogens is 292 g/mol. The number of rotatable bonds is 5. The number of carbonyl (C=O) groups is 1. The molecule has 0 radical (unpaired) electrons.